The number of piperazine rings is 1. The highest BCUT2D eigenvalue weighted by atomic mass is 19.1. The summed E-state index contributed by atoms with van der Waals surface area (Å²) >= 11 is 0. The van der Waals surface area contributed by atoms with E-state index in [-0.39, 0.29) is 5.82 Å². The average Bonchev–Trinajstić information content (AvgIpc) is 3.23. The molecule has 134 valence electrons. The second kappa shape index (κ2) is 7.03. The van der Waals surface area contributed by atoms with Crippen molar-refractivity contribution in [3.05, 3.63) is 48.4 Å². The third kappa shape index (κ3) is 3.07. The molecule has 1 saturated heterocycles. The molecule has 0 unspecified atom stereocenters. The Hall–Kier alpha value is -3.10. The molecule has 0 spiro atoms. The summed E-state index contributed by atoms with van der Waals surface area (Å²) in [5, 5.41) is 12.7. The zero-order chi connectivity index (χ0) is 17.9. The number of rotatable bonds is 4. The third-order valence-corrected chi connectivity index (χ3v) is 4.46. The number of halogens is 1. The van der Waals surface area contributed by atoms with Crippen LogP contribution in [0.1, 0.15) is 12.6 Å². The highest BCUT2D eigenvalue weighted by Gasteiger charge is 2.23. The monoisotopic (exact) mass is 354 g/mol. The molecular formula is C17H19FN8. The largest absolute Gasteiger partial charge is 0.352 e. The van der Waals surface area contributed by atoms with Crippen molar-refractivity contribution in [3.63, 3.8) is 0 Å². The van der Waals surface area contributed by atoms with E-state index in [2.05, 4.69) is 30.2 Å². The van der Waals surface area contributed by atoms with Gasteiger partial charge in [-0.3, -0.25) is 0 Å². The first-order valence-corrected chi connectivity index (χ1v) is 8.59. The minimum Gasteiger partial charge on any atom is -0.352 e. The topological polar surface area (TPSA) is 75.9 Å². The molecule has 0 saturated carbocycles. The lowest BCUT2D eigenvalue weighted by Crippen LogP contribution is -2.47. The Bertz CT molecular complexity index is 857. The fourth-order valence-corrected chi connectivity index (χ4v) is 3.02. The molecule has 4 heterocycles. The summed E-state index contributed by atoms with van der Waals surface area (Å²) in [5.41, 5.74) is 0.456. The molecule has 1 aliphatic heterocycles. The van der Waals surface area contributed by atoms with Gasteiger partial charge in [0.25, 0.3) is 0 Å². The van der Waals surface area contributed by atoms with Gasteiger partial charge in [-0.1, -0.05) is 6.92 Å². The van der Waals surface area contributed by atoms with Crippen molar-refractivity contribution in [2.24, 2.45) is 0 Å². The van der Waals surface area contributed by atoms with Crippen LogP contribution >= 0.6 is 0 Å². The minimum atomic E-state index is -0.313. The first-order chi connectivity index (χ1) is 12.8. The van der Waals surface area contributed by atoms with Gasteiger partial charge < -0.3 is 9.80 Å². The van der Waals surface area contributed by atoms with Crippen LogP contribution in [0, 0.1) is 5.82 Å². The van der Waals surface area contributed by atoms with E-state index in [0.29, 0.717) is 36.8 Å². The molecule has 3 aromatic heterocycles. The Labute approximate surface area is 150 Å². The Balaban J connectivity index is 1.44. The van der Waals surface area contributed by atoms with Crippen LogP contribution in [0.15, 0.2) is 36.9 Å². The van der Waals surface area contributed by atoms with Crippen LogP contribution in [-0.2, 0) is 6.42 Å². The van der Waals surface area contributed by atoms with E-state index < -0.39 is 0 Å². The van der Waals surface area contributed by atoms with Gasteiger partial charge in [0.1, 0.15) is 6.33 Å². The fourth-order valence-electron chi connectivity index (χ4n) is 3.02. The van der Waals surface area contributed by atoms with E-state index in [1.165, 1.54) is 6.33 Å². The number of nitrogens with zero attached hydrogens (tertiary/aromatic N) is 8. The predicted molar refractivity (Wildman–Crippen MR) is 94.9 cm³/mol. The molecule has 1 fully saturated rings. The Kier molecular flexibility index (Phi) is 4.42. The SMILES string of the molecule is CCc1ncnc(N2CCN(c3ccc(-n4cccn4)nn3)CC2)c1F. The van der Waals surface area contributed by atoms with Crippen molar-refractivity contribution < 1.29 is 4.39 Å². The van der Waals surface area contributed by atoms with Crippen LogP contribution in [-0.4, -0.2) is 56.1 Å². The molecule has 4 rings (SSSR count). The van der Waals surface area contributed by atoms with Gasteiger partial charge in [-0.25, -0.2) is 19.0 Å². The average molecular weight is 354 g/mol. The van der Waals surface area contributed by atoms with E-state index >= 15 is 0 Å². The lowest BCUT2D eigenvalue weighted by atomic mass is 10.2. The maximum atomic E-state index is 14.4. The second-order valence-electron chi connectivity index (χ2n) is 5.99. The molecule has 3 aromatic rings. The third-order valence-electron chi connectivity index (χ3n) is 4.46. The van der Waals surface area contributed by atoms with E-state index in [4.69, 9.17) is 0 Å². The Morgan fingerprint density at radius 3 is 2.38 bits per heavy atom. The van der Waals surface area contributed by atoms with Gasteiger partial charge in [0, 0.05) is 38.6 Å². The minimum absolute atomic E-state index is 0.313. The number of aromatic nitrogens is 6. The molecule has 0 radical (unpaired) electrons. The van der Waals surface area contributed by atoms with Gasteiger partial charge in [0.15, 0.2) is 23.3 Å². The Morgan fingerprint density at radius 1 is 1.00 bits per heavy atom. The predicted octanol–water partition coefficient (Wildman–Crippen LogP) is 1.48. The van der Waals surface area contributed by atoms with E-state index in [1.54, 1.807) is 10.9 Å². The lowest BCUT2D eigenvalue weighted by molar-refractivity contribution is 0.567. The standard InChI is InChI=1S/C17H19FN8/c1-2-13-16(18)17(20-12-19-13)25-10-8-24(9-11-25)14-4-5-15(23-22-14)26-7-3-6-21-26/h3-7,12H,2,8-11H2,1H3. The molecule has 26 heavy (non-hydrogen) atoms. The summed E-state index contributed by atoms with van der Waals surface area (Å²) in [6.45, 7) is 4.67. The maximum Gasteiger partial charge on any atom is 0.187 e. The highest BCUT2D eigenvalue weighted by Crippen LogP contribution is 2.21. The van der Waals surface area contributed by atoms with Gasteiger partial charge in [0.2, 0.25) is 0 Å². The van der Waals surface area contributed by atoms with Crippen LogP contribution in [0.3, 0.4) is 0 Å². The normalized spacial score (nSPS) is 14.7. The van der Waals surface area contributed by atoms with Gasteiger partial charge >= 0.3 is 0 Å². The zero-order valence-corrected chi connectivity index (χ0v) is 14.5. The van der Waals surface area contributed by atoms with Gasteiger partial charge in [-0.05, 0) is 24.6 Å². The summed E-state index contributed by atoms with van der Waals surface area (Å²) in [6.07, 6.45) is 5.51. The first kappa shape index (κ1) is 16.4. The van der Waals surface area contributed by atoms with Crippen molar-refractivity contribution in [3.8, 4) is 5.82 Å². The molecule has 8 nitrogen and oxygen atoms in total. The van der Waals surface area contributed by atoms with Crippen LogP contribution in [0.4, 0.5) is 16.0 Å². The smallest absolute Gasteiger partial charge is 0.187 e. The van der Waals surface area contributed by atoms with Crippen molar-refractivity contribution in [2.45, 2.75) is 13.3 Å². The summed E-state index contributed by atoms with van der Waals surface area (Å²) in [7, 11) is 0. The van der Waals surface area contributed by atoms with E-state index in [1.807, 2.05) is 36.2 Å². The fraction of sp³-hybridized carbons (Fsp3) is 0.353. The molecule has 0 N–H and O–H groups in total. The van der Waals surface area contributed by atoms with E-state index in [9.17, 15) is 4.39 Å². The number of hydrogen-bond donors (Lipinski definition) is 0. The molecule has 0 atom stereocenters. The quantitative estimate of drug-likeness (QED) is 0.702. The maximum absolute atomic E-state index is 14.4. The van der Waals surface area contributed by atoms with Gasteiger partial charge in [-0.2, -0.15) is 5.10 Å². The van der Waals surface area contributed by atoms with Crippen molar-refractivity contribution >= 4 is 11.6 Å². The van der Waals surface area contributed by atoms with Crippen molar-refractivity contribution in [2.75, 3.05) is 36.0 Å². The molecule has 0 amide bonds. The van der Waals surface area contributed by atoms with Crippen LogP contribution in [0.2, 0.25) is 0 Å². The van der Waals surface area contributed by atoms with Gasteiger partial charge in [0.05, 0.1) is 5.69 Å². The summed E-state index contributed by atoms with van der Waals surface area (Å²) in [4.78, 5) is 12.2. The van der Waals surface area contributed by atoms with E-state index in [0.717, 1.165) is 18.9 Å². The zero-order valence-electron chi connectivity index (χ0n) is 14.5. The van der Waals surface area contributed by atoms with Crippen LogP contribution < -0.4 is 9.80 Å². The summed E-state index contributed by atoms with van der Waals surface area (Å²) in [5.74, 6) is 1.55. The van der Waals surface area contributed by atoms with Crippen LogP contribution in [0.5, 0.6) is 0 Å². The summed E-state index contributed by atoms with van der Waals surface area (Å²) in [6, 6.07) is 5.66. The van der Waals surface area contributed by atoms with Crippen LogP contribution in [0.25, 0.3) is 5.82 Å². The highest BCUT2D eigenvalue weighted by molar-refractivity contribution is 5.46. The molecular weight excluding hydrogens is 335 g/mol. The molecule has 0 aromatic carbocycles. The number of aryl methyl sites for hydroxylation is 1. The number of hydrogen-bond acceptors (Lipinski definition) is 7. The second-order valence-corrected chi connectivity index (χ2v) is 5.99. The lowest BCUT2D eigenvalue weighted by Gasteiger charge is -2.35. The van der Waals surface area contributed by atoms with Crippen molar-refractivity contribution in [1.29, 1.82) is 0 Å². The molecule has 0 aliphatic carbocycles. The molecule has 1 aliphatic rings. The van der Waals surface area contributed by atoms with Crippen molar-refractivity contribution in [1.82, 2.24) is 29.9 Å². The molecule has 0 bridgehead atoms. The molecule has 9 heteroatoms. The number of anilines is 2. The first-order valence-electron chi connectivity index (χ1n) is 8.59. The summed E-state index contributed by atoms with van der Waals surface area (Å²) < 4.78 is 16.1. The van der Waals surface area contributed by atoms with Gasteiger partial charge in [-0.15, -0.1) is 10.2 Å². The Morgan fingerprint density at radius 2 is 1.73 bits per heavy atom.